The van der Waals surface area contributed by atoms with Gasteiger partial charge in [0.2, 0.25) is 0 Å². The third kappa shape index (κ3) is 68.6. The number of unbranched alkanes of at least 4 members (excludes halogenated alkanes) is 6. The van der Waals surface area contributed by atoms with Gasteiger partial charge in [0.1, 0.15) is 0 Å². The molecular weight excluding hydrogens is 644 g/mol. The minimum absolute atomic E-state index is 0.0255. The van der Waals surface area contributed by atoms with Crippen LogP contribution in [-0.4, -0.2) is 114 Å². The molecule has 51 heavy (non-hydrogen) atoms. The Morgan fingerprint density at radius 3 is 1.04 bits per heavy atom. The topological polar surface area (TPSA) is 103 Å². The SMILES string of the molecule is CB(C)O.CB1OCCCCO1.CB1OCCCO1.CB1OCCO1.CCCCCCCCOB(C)C.CCCCOB(C)C.CCOB(C)C. The summed E-state index contributed by atoms with van der Waals surface area (Å²) >= 11 is 0. The number of rotatable bonds is 14. The summed E-state index contributed by atoms with van der Waals surface area (Å²) in [4.78, 5) is 0. The second-order valence-corrected chi connectivity index (χ2v) is 13.5. The number of hydrogen-bond acceptors (Lipinski definition) is 10. The molecule has 0 radical (unpaired) electrons. The summed E-state index contributed by atoms with van der Waals surface area (Å²) in [7, 11) is 0.108. The van der Waals surface area contributed by atoms with Gasteiger partial charge in [-0.25, -0.2) is 0 Å². The first-order valence-corrected chi connectivity index (χ1v) is 20.4. The van der Waals surface area contributed by atoms with E-state index in [0.29, 0.717) is 20.7 Å². The van der Waals surface area contributed by atoms with Gasteiger partial charge in [-0.3, -0.25) is 0 Å². The van der Waals surface area contributed by atoms with Crippen molar-refractivity contribution in [2.24, 2.45) is 0 Å². The molecule has 0 unspecified atom stereocenters. The summed E-state index contributed by atoms with van der Waals surface area (Å²) in [6, 6.07) is 0. The molecule has 0 bridgehead atoms. The van der Waals surface area contributed by atoms with Gasteiger partial charge < -0.3 is 46.9 Å². The molecule has 3 fully saturated rings. The van der Waals surface area contributed by atoms with E-state index >= 15 is 0 Å². The van der Waals surface area contributed by atoms with E-state index in [9.17, 15) is 0 Å². The second-order valence-electron chi connectivity index (χ2n) is 13.5. The standard InChI is InChI=1S/C10H23BO.C6H15BO.C5H11BO2.C4H9BO2.C4H11BO.C3H7BO2.C2H7BO/c1-4-5-6-7-8-9-10-12-11(2)3;1-4-5-6-8-7(2)3;1-6-7-4-2-3-5-8-6;1-5-6-3-2-4-7-5;1-4-6-5(2)3;1-4-5-2-3-6-4;1-3(2)4/h4-10H2,1-3H3;4-6H2,1-3H3;2-5H2,1H3;2-4H2,1H3;4H2,1-3H3;2-3H2,1H3;4H,1-2H3. The highest BCUT2D eigenvalue weighted by Crippen LogP contribution is 2.05. The van der Waals surface area contributed by atoms with Crippen molar-refractivity contribution in [3.63, 3.8) is 0 Å². The predicted molar refractivity (Wildman–Crippen MR) is 228 cm³/mol. The van der Waals surface area contributed by atoms with E-state index in [1.807, 2.05) is 41.0 Å². The average Bonchev–Trinajstić information content (AvgIpc) is 3.41. The van der Waals surface area contributed by atoms with Crippen molar-refractivity contribution in [3.8, 4) is 0 Å². The van der Waals surface area contributed by atoms with E-state index in [2.05, 4.69) is 41.1 Å². The van der Waals surface area contributed by atoms with Crippen molar-refractivity contribution < 1.29 is 46.9 Å². The highest BCUT2D eigenvalue weighted by Gasteiger charge is 2.15. The molecule has 3 heterocycles. The fraction of sp³-hybridized carbons (Fsp3) is 1.00. The van der Waals surface area contributed by atoms with Gasteiger partial charge in [-0.2, -0.15) is 0 Å². The van der Waals surface area contributed by atoms with Crippen molar-refractivity contribution in [3.05, 3.63) is 0 Å². The molecule has 0 spiro atoms. The summed E-state index contributed by atoms with van der Waals surface area (Å²) in [5, 5.41) is 8.06. The zero-order valence-electron chi connectivity index (χ0n) is 36.3. The van der Waals surface area contributed by atoms with Crippen molar-refractivity contribution >= 4 is 49.0 Å². The van der Waals surface area contributed by atoms with Gasteiger partial charge in [-0.1, -0.05) is 107 Å². The molecule has 17 heteroatoms. The molecule has 1 N–H and O–H groups in total. The molecular formula is C34H83B7O10. The van der Waals surface area contributed by atoms with Crippen LogP contribution in [0, 0.1) is 0 Å². The lowest BCUT2D eigenvalue weighted by molar-refractivity contribution is 0.138. The van der Waals surface area contributed by atoms with Crippen molar-refractivity contribution in [1.29, 1.82) is 0 Å². The summed E-state index contributed by atoms with van der Waals surface area (Å²) in [6.45, 7) is 36.7. The lowest BCUT2D eigenvalue weighted by atomic mass is 9.75. The largest absolute Gasteiger partial charge is 0.453 e. The van der Waals surface area contributed by atoms with E-state index in [1.54, 1.807) is 13.6 Å². The van der Waals surface area contributed by atoms with E-state index in [4.69, 9.17) is 46.9 Å². The maximum Gasteiger partial charge on any atom is 0.453 e. The van der Waals surface area contributed by atoms with Crippen LogP contribution in [0.5, 0.6) is 0 Å². The van der Waals surface area contributed by atoms with Crippen LogP contribution >= 0.6 is 0 Å². The molecule has 10 nitrogen and oxygen atoms in total. The summed E-state index contributed by atoms with van der Waals surface area (Å²) in [6.07, 6.45) is 13.8. The molecule has 0 aromatic rings. The summed E-state index contributed by atoms with van der Waals surface area (Å²) in [5.41, 5.74) is 0. The van der Waals surface area contributed by atoms with Crippen LogP contribution in [0.2, 0.25) is 75.1 Å². The third-order valence-corrected chi connectivity index (χ3v) is 6.42. The number of hydrogen-bond donors (Lipinski definition) is 1. The Morgan fingerprint density at radius 2 is 0.765 bits per heavy atom. The van der Waals surface area contributed by atoms with Crippen LogP contribution in [0.15, 0.2) is 0 Å². The Bertz CT molecular complexity index is 597. The van der Waals surface area contributed by atoms with E-state index in [0.717, 1.165) is 78.7 Å². The average molecular weight is 728 g/mol. The first-order chi connectivity index (χ1) is 24.2. The highest BCUT2D eigenvalue weighted by atomic mass is 16.6. The zero-order chi connectivity index (χ0) is 39.5. The third-order valence-electron chi connectivity index (χ3n) is 6.42. The van der Waals surface area contributed by atoms with Gasteiger partial charge in [0, 0.05) is 46.2 Å². The van der Waals surface area contributed by atoms with Gasteiger partial charge in [-0.15, -0.1) is 0 Å². The molecule has 3 rings (SSSR count). The Kier molecular flexibility index (Phi) is 54.5. The zero-order valence-corrected chi connectivity index (χ0v) is 36.3. The molecule has 3 saturated heterocycles. The molecule has 0 amide bonds. The molecule has 0 saturated carbocycles. The first kappa shape index (κ1) is 57.8. The minimum atomic E-state index is -0.167. The second kappa shape index (κ2) is 48.1. The van der Waals surface area contributed by atoms with Crippen LogP contribution in [0.25, 0.3) is 0 Å². The summed E-state index contributed by atoms with van der Waals surface area (Å²) in [5.74, 6) is 0. The molecule has 300 valence electrons. The maximum absolute atomic E-state index is 8.06. The van der Waals surface area contributed by atoms with Gasteiger partial charge >= 0.3 is 21.4 Å². The Hall–Kier alpha value is 0.0545. The quantitative estimate of drug-likeness (QED) is 0.138. The lowest BCUT2D eigenvalue weighted by Crippen LogP contribution is -2.25. The van der Waals surface area contributed by atoms with Gasteiger partial charge in [0.15, 0.2) is 0 Å². The monoisotopic (exact) mass is 729 g/mol. The summed E-state index contributed by atoms with van der Waals surface area (Å²) < 4.78 is 46.1. The molecule has 0 aliphatic carbocycles. The first-order valence-electron chi connectivity index (χ1n) is 20.4. The van der Waals surface area contributed by atoms with E-state index in [1.165, 1.54) is 51.4 Å². The van der Waals surface area contributed by atoms with Gasteiger partial charge in [-0.05, 0) is 59.5 Å². The Labute approximate surface area is 321 Å². The van der Waals surface area contributed by atoms with Crippen molar-refractivity contribution in [2.75, 3.05) is 59.5 Å². The van der Waals surface area contributed by atoms with Crippen molar-refractivity contribution in [2.45, 2.75) is 166 Å². The molecule has 0 aromatic carbocycles. The van der Waals surface area contributed by atoms with Crippen LogP contribution < -0.4 is 0 Å². The predicted octanol–water partition coefficient (Wildman–Crippen LogP) is 8.80. The van der Waals surface area contributed by atoms with Crippen LogP contribution in [0.4, 0.5) is 0 Å². The normalized spacial score (nSPS) is 14.8. The smallest absolute Gasteiger partial charge is 0.451 e. The van der Waals surface area contributed by atoms with Crippen LogP contribution in [-0.2, 0) is 41.9 Å². The van der Waals surface area contributed by atoms with E-state index < -0.39 is 0 Å². The van der Waals surface area contributed by atoms with Gasteiger partial charge in [0.05, 0.1) is 13.2 Å². The lowest BCUT2D eigenvalue weighted by Gasteiger charge is -2.15. The fourth-order valence-corrected chi connectivity index (χ4v) is 3.83. The molecule has 3 aliphatic rings. The highest BCUT2D eigenvalue weighted by molar-refractivity contribution is 6.49. The van der Waals surface area contributed by atoms with Crippen LogP contribution in [0.3, 0.4) is 0 Å². The van der Waals surface area contributed by atoms with Crippen molar-refractivity contribution in [1.82, 2.24) is 0 Å². The van der Waals surface area contributed by atoms with Crippen LogP contribution in [0.1, 0.15) is 91.4 Å². The fourth-order valence-electron chi connectivity index (χ4n) is 3.83. The molecule has 3 aliphatic heterocycles. The Balaban J connectivity index is -0.000000258. The maximum atomic E-state index is 8.06. The molecule has 0 atom stereocenters. The molecule has 0 aromatic heterocycles. The van der Waals surface area contributed by atoms with E-state index in [-0.39, 0.29) is 28.3 Å². The Morgan fingerprint density at radius 1 is 0.451 bits per heavy atom. The minimum Gasteiger partial charge on any atom is -0.451 e. The van der Waals surface area contributed by atoms with Gasteiger partial charge in [0.25, 0.3) is 27.7 Å².